The van der Waals surface area contributed by atoms with Crippen molar-refractivity contribution in [1.29, 1.82) is 0 Å². The van der Waals surface area contributed by atoms with Gasteiger partial charge in [0.1, 0.15) is 0 Å². The molecule has 0 aliphatic heterocycles. The molecule has 0 atom stereocenters. The average Bonchev–Trinajstić information content (AvgIpc) is 2.32. The minimum absolute atomic E-state index is 0.0651. The van der Waals surface area contributed by atoms with Crippen molar-refractivity contribution >= 4 is 23.2 Å². The molecule has 0 fully saturated rings. The molecule has 0 saturated heterocycles. The van der Waals surface area contributed by atoms with Gasteiger partial charge in [-0.3, -0.25) is 4.79 Å². The van der Waals surface area contributed by atoms with Gasteiger partial charge in [-0.2, -0.15) is 0 Å². The summed E-state index contributed by atoms with van der Waals surface area (Å²) in [5.41, 5.74) is 0.748. The second-order valence-corrected chi connectivity index (χ2v) is 4.01. The number of ether oxygens (including phenoxy) is 1. The molecule has 0 aliphatic carbocycles. The summed E-state index contributed by atoms with van der Waals surface area (Å²) < 4.78 is 4.90. The summed E-state index contributed by atoms with van der Waals surface area (Å²) in [4.78, 5) is 11.5. The summed E-state index contributed by atoms with van der Waals surface area (Å²) in [6, 6.07) is 7.02. The van der Waals surface area contributed by atoms with E-state index in [0.717, 1.165) is 18.7 Å². The molecule has 1 amide bonds. The van der Waals surface area contributed by atoms with Gasteiger partial charge in [0, 0.05) is 24.4 Å². The second kappa shape index (κ2) is 8.06. The summed E-state index contributed by atoms with van der Waals surface area (Å²) in [5, 5.41) is 6.46. The number of benzene rings is 1. The molecular formula is C12H17ClN2O2. The van der Waals surface area contributed by atoms with E-state index in [1.54, 1.807) is 31.4 Å². The highest BCUT2D eigenvalue weighted by Crippen LogP contribution is 2.12. The number of nitrogens with one attached hydrogen (secondary N) is 2. The Bertz CT molecular complexity index is 341. The van der Waals surface area contributed by atoms with Crippen molar-refractivity contribution < 1.29 is 9.53 Å². The fourth-order valence-corrected chi connectivity index (χ4v) is 1.41. The third-order valence-corrected chi connectivity index (χ3v) is 2.37. The van der Waals surface area contributed by atoms with Gasteiger partial charge in [0.2, 0.25) is 5.91 Å². The topological polar surface area (TPSA) is 50.4 Å². The number of hydrogen-bond acceptors (Lipinski definition) is 3. The number of amides is 1. The van der Waals surface area contributed by atoms with E-state index in [-0.39, 0.29) is 5.91 Å². The monoisotopic (exact) mass is 256 g/mol. The minimum Gasteiger partial charge on any atom is -0.385 e. The SMILES string of the molecule is COCCCNCC(=O)Nc1ccc(Cl)cc1. The van der Waals surface area contributed by atoms with Gasteiger partial charge in [-0.1, -0.05) is 11.6 Å². The first-order valence-corrected chi connectivity index (χ1v) is 5.85. The number of anilines is 1. The van der Waals surface area contributed by atoms with Crippen LogP contribution < -0.4 is 10.6 Å². The Balaban J connectivity index is 2.18. The highest BCUT2D eigenvalue weighted by molar-refractivity contribution is 6.30. The van der Waals surface area contributed by atoms with Gasteiger partial charge < -0.3 is 15.4 Å². The molecule has 94 valence electrons. The number of methoxy groups -OCH3 is 1. The van der Waals surface area contributed by atoms with E-state index in [2.05, 4.69) is 10.6 Å². The number of carbonyl (C=O) groups excluding carboxylic acids is 1. The molecule has 2 N–H and O–H groups in total. The third-order valence-electron chi connectivity index (χ3n) is 2.12. The molecule has 1 aromatic carbocycles. The van der Waals surface area contributed by atoms with Crippen LogP contribution in [-0.2, 0) is 9.53 Å². The van der Waals surface area contributed by atoms with Crippen molar-refractivity contribution in [2.45, 2.75) is 6.42 Å². The molecule has 0 bridgehead atoms. The molecule has 17 heavy (non-hydrogen) atoms. The second-order valence-electron chi connectivity index (χ2n) is 3.58. The first kappa shape index (κ1) is 14.0. The van der Waals surface area contributed by atoms with E-state index >= 15 is 0 Å². The van der Waals surface area contributed by atoms with Crippen LogP contribution in [0.3, 0.4) is 0 Å². The smallest absolute Gasteiger partial charge is 0.238 e. The normalized spacial score (nSPS) is 10.2. The summed E-state index contributed by atoms with van der Waals surface area (Å²) >= 11 is 5.74. The maximum atomic E-state index is 11.5. The van der Waals surface area contributed by atoms with E-state index in [1.165, 1.54) is 0 Å². The lowest BCUT2D eigenvalue weighted by atomic mass is 10.3. The molecule has 5 heteroatoms. The van der Waals surface area contributed by atoms with E-state index in [0.29, 0.717) is 18.2 Å². The van der Waals surface area contributed by atoms with Crippen molar-refractivity contribution in [3.05, 3.63) is 29.3 Å². The zero-order valence-electron chi connectivity index (χ0n) is 9.83. The molecule has 0 heterocycles. The zero-order chi connectivity index (χ0) is 12.5. The Kier molecular flexibility index (Phi) is 6.62. The molecule has 1 aromatic rings. The molecule has 1 rings (SSSR count). The zero-order valence-corrected chi connectivity index (χ0v) is 10.6. The standard InChI is InChI=1S/C12H17ClN2O2/c1-17-8-2-7-14-9-12(16)15-11-5-3-10(13)4-6-11/h3-6,14H,2,7-9H2,1H3,(H,15,16). The molecule has 0 aromatic heterocycles. The summed E-state index contributed by atoms with van der Waals surface area (Å²) in [5.74, 6) is -0.0651. The molecular weight excluding hydrogens is 240 g/mol. The van der Waals surface area contributed by atoms with Gasteiger partial charge >= 0.3 is 0 Å². The molecule has 0 unspecified atom stereocenters. The van der Waals surface area contributed by atoms with Gasteiger partial charge in [0.05, 0.1) is 6.54 Å². The molecule has 0 aliphatic rings. The van der Waals surface area contributed by atoms with Gasteiger partial charge in [0.15, 0.2) is 0 Å². The largest absolute Gasteiger partial charge is 0.385 e. The number of rotatable bonds is 7. The first-order valence-electron chi connectivity index (χ1n) is 5.47. The number of hydrogen-bond donors (Lipinski definition) is 2. The van der Waals surface area contributed by atoms with Crippen molar-refractivity contribution in [2.24, 2.45) is 0 Å². The van der Waals surface area contributed by atoms with Crippen LogP contribution in [0.25, 0.3) is 0 Å². The van der Waals surface area contributed by atoms with Crippen LogP contribution >= 0.6 is 11.6 Å². The molecule has 0 saturated carbocycles. The van der Waals surface area contributed by atoms with Crippen LogP contribution in [0.2, 0.25) is 5.02 Å². The van der Waals surface area contributed by atoms with Crippen molar-refractivity contribution in [3.63, 3.8) is 0 Å². The Hall–Kier alpha value is -1.10. The van der Waals surface area contributed by atoms with Gasteiger partial charge in [-0.05, 0) is 37.2 Å². The third kappa shape index (κ3) is 6.26. The highest BCUT2D eigenvalue weighted by atomic mass is 35.5. The number of carbonyl (C=O) groups is 1. The first-order chi connectivity index (χ1) is 8.22. The fourth-order valence-electron chi connectivity index (χ4n) is 1.28. The lowest BCUT2D eigenvalue weighted by Gasteiger charge is -2.06. The van der Waals surface area contributed by atoms with Crippen molar-refractivity contribution in [2.75, 3.05) is 32.1 Å². The van der Waals surface area contributed by atoms with Crippen LogP contribution in [0.15, 0.2) is 24.3 Å². The van der Waals surface area contributed by atoms with Crippen LogP contribution in [0.1, 0.15) is 6.42 Å². The molecule has 0 spiro atoms. The van der Waals surface area contributed by atoms with Crippen LogP contribution in [-0.4, -0.2) is 32.7 Å². The van der Waals surface area contributed by atoms with E-state index in [1.807, 2.05) is 0 Å². The van der Waals surface area contributed by atoms with Gasteiger partial charge in [0.25, 0.3) is 0 Å². The Labute approximate surface area is 106 Å². The van der Waals surface area contributed by atoms with E-state index < -0.39 is 0 Å². The van der Waals surface area contributed by atoms with E-state index in [4.69, 9.17) is 16.3 Å². The van der Waals surface area contributed by atoms with E-state index in [9.17, 15) is 4.79 Å². The molecule has 0 radical (unpaired) electrons. The summed E-state index contributed by atoms with van der Waals surface area (Å²) in [6.07, 6.45) is 0.894. The minimum atomic E-state index is -0.0651. The highest BCUT2D eigenvalue weighted by Gasteiger charge is 2.01. The van der Waals surface area contributed by atoms with Crippen LogP contribution in [0.5, 0.6) is 0 Å². The van der Waals surface area contributed by atoms with Crippen LogP contribution in [0.4, 0.5) is 5.69 Å². The van der Waals surface area contributed by atoms with Gasteiger partial charge in [-0.15, -0.1) is 0 Å². The van der Waals surface area contributed by atoms with Crippen molar-refractivity contribution in [3.8, 4) is 0 Å². The fraction of sp³-hybridized carbons (Fsp3) is 0.417. The Morgan fingerprint density at radius 1 is 1.35 bits per heavy atom. The summed E-state index contributed by atoms with van der Waals surface area (Å²) in [6.45, 7) is 1.76. The maximum absolute atomic E-state index is 11.5. The number of halogens is 1. The average molecular weight is 257 g/mol. The van der Waals surface area contributed by atoms with Crippen LogP contribution in [0, 0.1) is 0 Å². The van der Waals surface area contributed by atoms with Gasteiger partial charge in [-0.25, -0.2) is 0 Å². The predicted octanol–water partition coefficient (Wildman–Crippen LogP) is 1.90. The van der Waals surface area contributed by atoms with Crippen molar-refractivity contribution in [1.82, 2.24) is 5.32 Å². The summed E-state index contributed by atoms with van der Waals surface area (Å²) in [7, 11) is 1.66. The Morgan fingerprint density at radius 3 is 2.71 bits per heavy atom. The predicted molar refractivity (Wildman–Crippen MR) is 69.4 cm³/mol. The lowest BCUT2D eigenvalue weighted by molar-refractivity contribution is -0.115. The quantitative estimate of drug-likeness (QED) is 0.733. The Morgan fingerprint density at radius 2 is 2.06 bits per heavy atom. The lowest BCUT2D eigenvalue weighted by Crippen LogP contribution is -2.29. The maximum Gasteiger partial charge on any atom is 0.238 e. The molecule has 4 nitrogen and oxygen atoms in total.